The fourth-order valence-corrected chi connectivity index (χ4v) is 9.05. The second-order valence-electron chi connectivity index (χ2n) is 13.7. The highest BCUT2D eigenvalue weighted by Crippen LogP contribution is 2.51. The van der Waals surface area contributed by atoms with Crippen LogP contribution in [0, 0.1) is 0 Å². The third kappa shape index (κ3) is 23.8. The van der Waals surface area contributed by atoms with Crippen molar-refractivity contribution in [3.63, 3.8) is 0 Å². The molecule has 1 aliphatic carbocycles. The van der Waals surface area contributed by atoms with Gasteiger partial charge in [-0.1, -0.05) is 116 Å². The number of aliphatic hydroxyl groups is 3. The second kappa shape index (κ2) is 27.9. The molecule has 0 amide bonds. The lowest BCUT2D eigenvalue weighted by Crippen LogP contribution is -2.65. The first-order valence-electron chi connectivity index (χ1n) is 18.9. The first-order valence-corrected chi connectivity index (χ1v) is 25.3. The van der Waals surface area contributed by atoms with Crippen LogP contribution in [0.15, 0.2) is 0 Å². The number of hydrogen-bond donors (Lipinski definition) is 8. The van der Waals surface area contributed by atoms with Crippen molar-refractivity contribution in [1.29, 1.82) is 0 Å². The van der Waals surface area contributed by atoms with E-state index in [1.165, 1.54) is 38.5 Å². The van der Waals surface area contributed by atoms with E-state index in [2.05, 4.69) is 47.8 Å². The fourth-order valence-electron chi connectivity index (χ4n) is 5.77. The Kier molecular flexibility index (Phi) is 26.9. The molecule has 0 aromatic heterocycles. The number of phosphoric acid groups is 3. The Hall–Kier alpha value is 0.110. The minimum atomic E-state index is -5.59. The van der Waals surface area contributed by atoms with E-state index in [1.807, 2.05) is 6.92 Å². The summed E-state index contributed by atoms with van der Waals surface area (Å²) in [6.45, 7) is 2.53. The van der Waals surface area contributed by atoms with E-state index >= 15 is 0 Å². The van der Waals surface area contributed by atoms with Gasteiger partial charge in [-0.25, -0.2) is 13.7 Å². The lowest BCUT2D eigenvalue weighted by molar-refractivity contribution is -0.213. The predicted octanol–water partition coefficient (Wildman–Crippen LogP) is 5.19. The molecule has 10 atom stereocenters. The van der Waals surface area contributed by atoms with Crippen LogP contribution >= 0.6 is 55.3 Å². The van der Waals surface area contributed by atoms with Gasteiger partial charge < -0.3 is 49.3 Å². The maximum absolute atomic E-state index is 12.9. The third-order valence-corrected chi connectivity index (χ3v) is 13.7. The Morgan fingerprint density at radius 2 is 1.02 bits per heavy atom. The Labute approximate surface area is 345 Å². The van der Waals surface area contributed by atoms with E-state index in [9.17, 15) is 53.3 Å². The van der Waals surface area contributed by atoms with E-state index < -0.39 is 91.3 Å². The Bertz CT molecular complexity index is 1270. The quantitative estimate of drug-likeness (QED) is 0.0192. The molecule has 1 rings (SSSR count). The van der Waals surface area contributed by atoms with Crippen LogP contribution in [0.5, 0.6) is 0 Å². The van der Waals surface area contributed by atoms with Crippen molar-refractivity contribution in [3.05, 3.63) is 0 Å². The molecule has 0 radical (unpaired) electrons. The van der Waals surface area contributed by atoms with Crippen molar-refractivity contribution in [2.75, 3.05) is 13.2 Å². The van der Waals surface area contributed by atoms with E-state index in [4.69, 9.17) is 28.3 Å². The van der Waals surface area contributed by atoms with Crippen LogP contribution in [0.4, 0.5) is 0 Å². The van der Waals surface area contributed by atoms with Crippen LogP contribution in [0.2, 0.25) is 0 Å². The summed E-state index contributed by atoms with van der Waals surface area (Å²) in [6.07, 6.45) is -1.25. The fraction of sp³-hybridized carbons (Fsp3) is 0.938. The normalized spacial score (nSPS) is 24.6. The lowest BCUT2D eigenvalue weighted by Gasteiger charge is -2.44. The van der Waals surface area contributed by atoms with Crippen LogP contribution in [-0.4, -0.2) is 117 Å². The average molecular weight is 1000 g/mol. The highest BCUT2D eigenvalue weighted by molar-refractivity contribution is 9.12. The number of halogens is 2. The lowest BCUT2D eigenvalue weighted by atomic mass is 9.85. The highest BCUT2D eigenvalue weighted by atomic mass is 79.9. The van der Waals surface area contributed by atoms with E-state index in [0.29, 0.717) is 28.9 Å². The maximum atomic E-state index is 12.9. The van der Waals surface area contributed by atoms with Crippen LogP contribution in [0.25, 0.3) is 0 Å². The van der Waals surface area contributed by atoms with Crippen LogP contribution in [-0.2, 0) is 50.9 Å². The molecule has 1 saturated carbocycles. The van der Waals surface area contributed by atoms with E-state index in [0.717, 1.165) is 38.5 Å². The van der Waals surface area contributed by atoms with Gasteiger partial charge in [-0.3, -0.25) is 27.7 Å². The number of unbranched alkanes of at least 4 members (excludes halogenated alkanes) is 10. The molecule has 56 heavy (non-hydrogen) atoms. The van der Waals surface area contributed by atoms with Crippen molar-refractivity contribution in [1.82, 2.24) is 0 Å². The molecule has 1 unspecified atom stereocenters. The smallest absolute Gasteiger partial charge is 0.462 e. The number of phosphoric ester groups is 3. The van der Waals surface area contributed by atoms with Gasteiger partial charge in [0.15, 0.2) is 6.10 Å². The minimum absolute atomic E-state index is 0.0311. The Balaban J connectivity index is 2.67. The maximum Gasteiger partial charge on any atom is 0.472 e. The molecule has 0 heterocycles. The SMILES string of the molecule is CCCCCCCC[C@H](Br)[C@H](Br)CCCCCCCC(=O)OC[C@@H](COP(=O)(O)O[C@@H]1[C@H](O)[C@H](O)[C@@H](OP(=O)(O)O)[C@H](OP(=O)(O)O)[C@H]1O)OC(=O)CCCC. The zero-order valence-corrected chi connectivity index (χ0v) is 37.7. The molecular weight excluding hydrogens is 941 g/mol. The molecule has 0 aromatic rings. The molecule has 0 aliphatic heterocycles. The monoisotopic (exact) mass is 1000 g/mol. The largest absolute Gasteiger partial charge is 0.472 e. The predicted molar refractivity (Wildman–Crippen MR) is 209 cm³/mol. The number of ether oxygens (including phenoxy) is 2. The molecule has 0 aromatic carbocycles. The summed E-state index contributed by atoms with van der Waals surface area (Å²) in [5, 5.41) is 31.5. The van der Waals surface area contributed by atoms with Gasteiger partial charge in [0.05, 0.1) is 6.61 Å². The molecule has 1 aliphatic rings. The summed E-state index contributed by atoms with van der Waals surface area (Å²) in [5.41, 5.74) is 0. The molecule has 1 fully saturated rings. The van der Waals surface area contributed by atoms with Gasteiger partial charge in [-0.05, 0) is 25.7 Å². The van der Waals surface area contributed by atoms with E-state index in [1.54, 1.807) is 0 Å². The summed E-state index contributed by atoms with van der Waals surface area (Å²) in [7, 11) is -16.6. The third-order valence-electron chi connectivity index (χ3n) is 8.77. The molecule has 19 nitrogen and oxygen atoms in total. The van der Waals surface area contributed by atoms with Gasteiger partial charge >= 0.3 is 35.4 Å². The molecular formula is C32H61Br2O19P3. The summed E-state index contributed by atoms with van der Waals surface area (Å²) in [4.78, 5) is 72.8. The van der Waals surface area contributed by atoms with Crippen molar-refractivity contribution < 1.29 is 90.6 Å². The summed E-state index contributed by atoms with van der Waals surface area (Å²) in [6, 6.07) is 0. The standard InChI is InChI=1S/C32H61Br2O19P3/c1-3-5-7-8-10-13-16-23(33)24(34)17-14-11-9-12-15-19-25(35)48-20-22(50-26(36)18-6-4-2)21-49-56(46,47)53-30-27(37)28(38)31(51-54(40,41)42)32(29(30)39)52-55(43,44)45/h22-24,27-32,37-39H,3-21H2,1-2H3,(H,46,47)(H2,40,41,42)(H2,43,44,45)/t22-,23-,24+,27+,28-,29-,30+,31+,32+/m0/s1. The highest BCUT2D eigenvalue weighted by Gasteiger charge is 2.56. The zero-order valence-electron chi connectivity index (χ0n) is 31.8. The molecule has 8 N–H and O–H groups in total. The second-order valence-corrected chi connectivity index (χ2v) is 19.9. The van der Waals surface area contributed by atoms with Gasteiger partial charge in [-0.15, -0.1) is 0 Å². The number of carbonyl (C=O) groups is 2. The van der Waals surface area contributed by atoms with Crippen molar-refractivity contribution in [2.45, 2.75) is 175 Å². The zero-order chi connectivity index (χ0) is 42.5. The number of aliphatic hydroxyl groups excluding tert-OH is 3. The van der Waals surface area contributed by atoms with Crippen molar-refractivity contribution in [2.24, 2.45) is 0 Å². The molecule has 24 heteroatoms. The number of carbonyl (C=O) groups excluding carboxylic acids is 2. The van der Waals surface area contributed by atoms with E-state index in [-0.39, 0.29) is 12.8 Å². The summed E-state index contributed by atoms with van der Waals surface area (Å²) < 4.78 is 64.5. The van der Waals surface area contributed by atoms with Gasteiger partial charge in [0.25, 0.3) is 0 Å². The van der Waals surface area contributed by atoms with Crippen molar-refractivity contribution >= 4 is 67.3 Å². The number of hydrogen-bond acceptors (Lipinski definition) is 14. The Morgan fingerprint density at radius 3 is 1.54 bits per heavy atom. The molecule has 0 bridgehead atoms. The van der Waals surface area contributed by atoms with Crippen molar-refractivity contribution in [3.8, 4) is 0 Å². The Morgan fingerprint density at radius 1 is 0.571 bits per heavy atom. The average Bonchev–Trinajstić information content (AvgIpc) is 3.10. The van der Waals surface area contributed by atoms with Gasteiger partial charge in [-0.2, -0.15) is 0 Å². The van der Waals surface area contributed by atoms with Gasteiger partial charge in [0.2, 0.25) is 0 Å². The summed E-state index contributed by atoms with van der Waals surface area (Å²) >= 11 is 7.61. The number of rotatable bonds is 31. The number of esters is 2. The van der Waals surface area contributed by atoms with Crippen LogP contribution in [0.3, 0.4) is 0 Å². The first kappa shape index (κ1) is 54.1. The van der Waals surface area contributed by atoms with Crippen LogP contribution in [0.1, 0.15) is 123 Å². The first-order chi connectivity index (χ1) is 26.1. The molecule has 332 valence electrons. The van der Waals surface area contributed by atoms with Crippen LogP contribution < -0.4 is 0 Å². The minimum Gasteiger partial charge on any atom is -0.462 e. The molecule has 0 spiro atoms. The summed E-state index contributed by atoms with van der Waals surface area (Å²) in [5.74, 6) is -1.36. The number of alkyl halides is 2. The topological polar surface area (TPSA) is 303 Å². The molecule has 0 saturated heterocycles. The van der Waals surface area contributed by atoms with Gasteiger partial charge in [0, 0.05) is 22.5 Å². The van der Waals surface area contributed by atoms with Gasteiger partial charge in [0.1, 0.15) is 43.2 Å².